The summed E-state index contributed by atoms with van der Waals surface area (Å²) in [7, 11) is 2.13. The minimum absolute atomic E-state index is 0.694. The fraction of sp³-hybridized carbons (Fsp3) is 0.667. The molecule has 0 saturated carbocycles. The number of pyridine rings is 1. The van der Waals surface area contributed by atoms with Gasteiger partial charge in [0.2, 0.25) is 0 Å². The lowest BCUT2D eigenvalue weighted by Crippen LogP contribution is -2.41. The quantitative estimate of drug-likeness (QED) is 0.780. The average molecular weight is 343 g/mol. The van der Waals surface area contributed by atoms with Gasteiger partial charge in [-0.3, -0.25) is 0 Å². The highest BCUT2D eigenvalue weighted by molar-refractivity contribution is 5.68. The summed E-state index contributed by atoms with van der Waals surface area (Å²) in [5.41, 5.74) is 3.19. The second-order valence-electron chi connectivity index (χ2n) is 6.89. The number of hydrogen-bond acceptors (Lipinski definition) is 7. The summed E-state index contributed by atoms with van der Waals surface area (Å²) >= 11 is 0. The summed E-state index contributed by atoms with van der Waals surface area (Å²) in [6.45, 7) is 8.00. The Morgan fingerprint density at radius 2 is 1.48 bits per heavy atom. The zero-order valence-corrected chi connectivity index (χ0v) is 14.8. The van der Waals surface area contributed by atoms with Crippen molar-refractivity contribution in [3.8, 4) is 6.07 Å². The van der Waals surface area contributed by atoms with Crippen LogP contribution in [-0.2, 0) is 22.4 Å². The third kappa shape index (κ3) is 3.17. The number of nitrogens with zero attached hydrogens (tertiary/aromatic N) is 5. The Hall–Kier alpha value is -1.88. The molecule has 3 aliphatic rings. The summed E-state index contributed by atoms with van der Waals surface area (Å²) in [5, 5.41) is 9.88. The van der Waals surface area contributed by atoms with E-state index in [4.69, 9.17) is 14.5 Å². The largest absolute Gasteiger partial charge is 0.378 e. The van der Waals surface area contributed by atoms with Crippen LogP contribution < -0.4 is 9.80 Å². The number of hydrogen-bond donors (Lipinski definition) is 0. The third-order valence-corrected chi connectivity index (χ3v) is 5.28. The fourth-order valence-corrected chi connectivity index (χ4v) is 3.90. The van der Waals surface area contributed by atoms with Crippen molar-refractivity contribution in [3.63, 3.8) is 0 Å². The minimum atomic E-state index is 0.694. The Bertz CT molecular complexity index is 675. The van der Waals surface area contributed by atoms with E-state index in [0.29, 0.717) is 13.2 Å². The summed E-state index contributed by atoms with van der Waals surface area (Å²) in [6, 6.07) is 2.46. The molecule has 2 fully saturated rings. The molecular formula is C18H25N5O2. The van der Waals surface area contributed by atoms with Gasteiger partial charge in [0.25, 0.3) is 0 Å². The molecule has 4 rings (SSSR count). The zero-order chi connectivity index (χ0) is 17.2. The zero-order valence-electron chi connectivity index (χ0n) is 14.8. The van der Waals surface area contributed by atoms with Gasteiger partial charge in [0.05, 0.1) is 32.0 Å². The monoisotopic (exact) mass is 343 g/mol. The van der Waals surface area contributed by atoms with Crippen molar-refractivity contribution in [3.05, 3.63) is 16.7 Å². The molecule has 134 valence electrons. The molecular weight excluding hydrogens is 318 g/mol. The van der Waals surface area contributed by atoms with Crippen LogP contribution in [0.15, 0.2) is 0 Å². The van der Waals surface area contributed by atoms with Gasteiger partial charge in [-0.15, -0.1) is 0 Å². The first-order chi connectivity index (χ1) is 12.3. The Morgan fingerprint density at radius 3 is 2.08 bits per heavy atom. The maximum Gasteiger partial charge on any atom is 0.149 e. The van der Waals surface area contributed by atoms with Crippen molar-refractivity contribution in [1.82, 2.24) is 9.88 Å². The van der Waals surface area contributed by atoms with E-state index in [1.165, 1.54) is 11.1 Å². The van der Waals surface area contributed by atoms with Gasteiger partial charge in [-0.1, -0.05) is 0 Å². The molecule has 0 bridgehead atoms. The summed E-state index contributed by atoms with van der Waals surface area (Å²) < 4.78 is 11.0. The van der Waals surface area contributed by atoms with Gasteiger partial charge in [-0.2, -0.15) is 5.26 Å². The van der Waals surface area contributed by atoms with Crippen molar-refractivity contribution < 1.29 is 9.47 Å². The van der Waals surface area contributed by atoms with Crippen LogP contribution in [0, 0.1) is 11.3 Å². The maximum absolute atomic E-state index is 9.88. The SMILES string of the molecule is CN1CCc2c(C#N)c(N3CCOCC3)nc(N3CCOCC3)c2C1. The van der Waals surface area contributed by atoms with Crippen molar-refractivity contribution in [2.24, 2.45) is 0 Å². The second-order valence-corrected chi connectivity index (χ2v) is 6.89. The van der Waals surface area contributed by atoms with Crippen LogP contribution >= 0.6 is 0 Å². The molecule has 2 saturated heterocycles. The minimum Gasteiger partial charge on any atom is -0.378 e. The normalized spacial score (nSPS) is 21.8. The Morgan fingerprint density at radius 1 is 0.880 bits per heavy atom. The average Bonchev–Trinajstić information content (AvgIpc) is 2.68. The molecule has 4 heterocycles. The number of rotatable bonds is 2. The molecule has 0 aromatic carbocycles. The summed E-state index contributed by atoms with van der Waals surface area (Å²) in [5.74, 6) is 1.89. The molecule has 0 atom stereocenters. The van der Waals surface area contributed by atoms with Gasteiger partial charge in [0.1, 0.15) is 17.7 Å². The predicted octanol–water partition coefficient (Wildman–Crippen LogP) is 0.614. The topological polar surface area (TPSA) is 64.9 Å². The van der Waals surface area contributed by atoms with Gasteiger partial charge in [0.15, 0.2) is 0 Å². The van der Waals surface area contributed by atoms with Crippen molar-refractivity contribution in [1.29, 1.82) is 5.26 Å². The van der Waals surface area contributed by atoms with Gasteiger partial charge >= 0.3 is 0 Å². The van der Waals surface area contributed by atoms with E-state index < -0.39 is 0 Å². The Kier molecular flexibility index (Phi) is 4.75. The van der Waals surface area contributed by atoms with E-state index in [9.17, 15) is 5.26 Å². The van der Waals surface area contributed by atoms with Crippen LogP contribution in [0.5, 0.6) is 0 Å². The number of aromatic nitrogens is 1. The number of nitriles is 1. The van der Waals surface area contributed by atoms with Crippen LogP contribution in [-0.4, -0.2) is 76.1 Å². The lowest BCUT2D eigenvalue weighted by atomic mass is 9.95. The van der Waals surface area contributed by atoms with E-state index in [0.717, 1.165) is 76.1 Å². The first kappa shape index (κ1) is 16.6. The van der Waals surface area contributed by atoms with Crippen molar-refractivity contribution in [2.45, 2.75) is 13.0 Å². The van der Waals surface area contributed by atoms with Gasteiger partial charge in [-0.05, 0) is 19.0 Å². The molecule has 0 unspecified atom stereocenters. The van der Waals surface area contributed by atoms with Gasteiger partial charge in [-0.25, -0.2) is 4.98 Å². The highest BCUT2D eigenvalue weighted by Gasteiger charge is 2.29. The van der Waals surface area contributed by atoms with Gasteiger partial charge in [0, 0.05) is 44.8 Å². The number of anilines is 2. The number of morpholine rings is 2. The van der Waals surface area contributed by atoms with Gasteiger partial charge < -0.3 is 24.2 Å². The first-order valence-corrected chi connectivity index (χ1v) is 9.07. The van der Waals surface area contributed by atoms with Crippen LogP contribution in [0.1, 0.15) is 16.7 Å². The van der Waals surface area contributed by atoms with Crippen LogP contribution in [0.3, 0.4) is 0 Å². The molecule has 3 aliphatic heterocycles. The third-order valence-electron chi connectivity index (χ3n) is 5.28. The maximum atomic E-state index is 9.88. The van der Waals surface area contributed by atoms with E-state index in [2.05, 4.69) is 27.8 Å². The standard InChI is InChI=1S/C18H25N5O2/c1-21-3-2-14-15(12-19)17(22-4-8-24-9-5-22)20-18(16(14)13-21)23-6-10-25-11-7-23/h2-11,13H2,1H3. The molecule has 0 aliphatic carbocycles. The molecule has 25 heavy (non-hydrogen) atoms. The predicted molar refractivity (Wildman–Crippen MR) is 95.1 cm³/mol. The lowest BCUT2D eigenvalue weighted by Gasteiger charge is -2.36. The molecule has 7 nitrogen and oxygen atoms in total. The molecule has 0 N–H and O–H groups in total. The van der Waals surface area contributed by atoms with Crippen LogP contribution in [0.4, 0.5) is 11.6 Å². The smallest absolute Gasteiger partial charge is 0.149 e. The molecule has 7 heteroatoms. The van der Waals surface area contributed by atoms with Crippen molar-refractivity contribution >= 4 is 11.6 Å². The van der Waals surface area contributed by atoms with Crippen molar-refractivity contribution in [2.75, 3.05) is 76.0 Å². The molecule has 0 amide bonds. The molecule has 1 aromatic rings. The van der Waals surface area contributed by atoms with E-state index in [1.807, 2.05) is 0 Å². The lowest BCUT2D eigenvalue weighted by molar-refractivity contribution is 0.121. The van der Waals surface area contributed by atoms with E-state index >= 15 is 0 Å². The van der Waals surface area contributed by atoms with E-state index in [1.54, 1.807) is 0 Å². The molecule has 1 aromatic heterocycles. The van der Waals surface area contributed by atoms with E-state index in [-0.39, 0.29) is 0 Å². The highest BCUT2D eigenvalue weighted by atomic mass is 16.5. The van der Waals surface area contributed by atoms with Crippen LogP contribution in [0.25, 0.3) is 0 Å². The number of fused-ring (bicyclic) bond motifs is 1. The summed E-state index contributed by atoms with van der Waals surface area (Å²) in [4.78, 5) is 11.9. The number of likely N-dealkylation sites (N-methyl/N-ethyl adjacent to an activating group) is 1. The molecule has 0 radical (unpaired) electrons. The second kappa shape index (κ2) is 7.16. The highest BCUT2D eigenvalue weighted by Crippen LogP contribution is 2.35. The Labute approximate surface area is 148 Å². The Balaban J connectivity index is 1.82. The van der Waals surface area contributed by atoms with Crippen LogP contribution in [0.2, 0.25) is 0 Å². The fourth-order valence-electron chi connectivity index (χ4n) is 3.90. The first-order valence-electron chi connectivity index (χ1n) is 9.07. The molecule has 0 spiro atoms. The number of ether oxygens (including phenoxy) is 2. The summed E-state index contributed by atoms with van der Waals surface area (Å²) in [6.07, 6.45) is 0.909.